The van der Waals surface area contributed by atoms with Crippen molar-refractivity contribution in [3.05, 3.63) is 42.0 Å². The maximum absolute atomic E-state index is 12.5. The Labute approximate surface area is 164 Å². The van der Waals surface area contributed by atoms with Gasteiger partial charge in [-0.3, -0.25) is 10.1 Å². The zero-order valence-corrected chi connectivity index (χ0v) is 16.6. The van der Waals surface area contributed by atoms with Crippen molar-refractivity contribution in [2.45, 2.75) is 26.3 Å². The standard InChI is InChI=1S/C21H25N3O4/c1-5-24-16-9-7-6-8-15(16)22-21(24)23-18(25)13-11-14-10-12-17(26-2)20(28-4)19(14)27-3/h6-10,12H,5,11,13H2,1-4H3,(H,22,23,25). The third kappa shape index (κ3) is 3.74. The first-order valence-corrected chi connectivity index (χ1v) is 9.15. The summed E-state index contributed by atoms with van der Waals surface area (Å²) in [5.41, 5.74) is 2.74. The molecule has 3 rings (SSSR count). The number of carbonyl (C=O) groups excluding carboxylic acids is 1. The molecule has 3 aromatic rings. The van der Waals surface area contributed by atoms with Gasteiger partial charge in [-0.1, -0.05) is 18.2 Å². The van der Waals surface area contributed by atoms with Crippen molar-refractivity contribution in [3.63, 3.8) is 0 Å². The zero-order valence-electron chi connectivity index (χ0n) is 16.6. The second-order valence-electron chi connectivity index (χ2n) is 6.21. The Hall–Kier alpha value is -3.22. The number of imidazole rings is 1. The van der Waals surface area contributed by atoms with E-state index < -0.39 is 0 Å². The number of nitrogens with zero attached hydrogens (tertiary/aromatic N) is 2. The molecule has 0 spiro atoms. The van der Waals surface area contributed by atoms with Gasteiger partial charge in [-0.25, -0.2) is 4.98 Å². The highest BCUT2D eigenvalue weighted by molar-refractivity contribution is 5.91. The van der Waals surface area contributed by atoms with Crippen LogP contribution in [0.4, 0.5) is 5.95 Å². The van der Waals surface area contributed by atoms with Crippen LogP contribution < -0.4 is 19.5 Å². The van der Waals surface area contributed by atoms with Gasteiger partial charge in [0.05, 0.1) is 32.4 Å². The highest BCUT2D eigenvalue weighted by Crippen LogP contribution is 2.40. The molecule has 0 radical (unpaired) electrons. The lowest BCUT2D eigenvalue weighted by Crippen LogP contribution is -2.16. The number of anilines is 1. The smallest absolute Gasteiger partial charge is 0.227 e. The van der Waals surface area contributed by atoms with E-state index in [9.17, 15) is 4.79 Å². The van der Waals surface area contributed by atoms with Crippen molar-refractivity contribution in [1.29, 1.82) is 0 Å². The summed E-state index contributed by atoms with van der Waals surface area (Å²) in [5.74, 6) is 2.14. The molecule has 0 atom stereocenters. The van der Waals surface area contributed by atoms with Crippen LogP contribution in [-0.4, -0.2) is 36.8 Å². The van der Waals surface area contributed by atoms with Crippen LogP contribution >= 0.6 is 0 Å². The summed E-state index contributed by atoms with van der Waals surface area (Å²) in [6.45, 7) is 2.75. The normalized spacial score (nSPS) is 10.7. The number of aryl methyl sites for hydroxylation is 2. The predicted molar refractivity (Wildman–Crippen MR) is 108 cm³/mol. The highest BCUT2D eigenvalue weighted by atomic mass is 16.5. The molecule has 0 saturated heterocycles. The van der Waals surface area contributed by atoms with Crippen LogP contribution in [0, 0.1) is 0 Å². The molecular weight excluding hydrogens is 358 g/mol. The van der Waals surface area contributed by atoms with E-state index in [1.165, 1.54) is 0 Å². The van der Waals surface area contributed by atoms with Gasteiger partial charge < -0.3 is 18.8 Å². The van der Waals surface area contributed by atoms with E-state index in [-0.39, 0.29) is 5.91 Å². The second kappa shape index (κ2) is 8.65. The number of fused-ring (bicyclic) bond motifs is 1. The van der Waals surface area contributed by atoms with Crippen molar-refractivity contribution >= 4 is 22.9 Å². The van der Waals surface area contributed by atoms with Crippen LogP contribution in [0.5, 0.6) is 17.2 Å². The number of rotatable bonds is 8. The van der Waals surface area contributed by atoms with E-state index in [4.69, 9.17) is 14.2 Å². The molecule has 28 heavy (non-hydrogen) atoms. The Morgan fingerprint density at radius 3 is 2.46 bits per heavy atom. The number of hydrogen-bond donors (Lipinski definition) is 1. The lowest BCUT2D eigenvalue weighted by Gasteiger charge is -2.15. The molecular formula is C21H25N3O4. The lowest BCUT2D eigenvalue weighted by atomic mass is 10.1. The fraction of sp³-hybridized carbons (Fsp3) is 0.333. The van der Waals surface area contributed by atoms with Crippen LogP contribution in [0.15, 0.2) is 36.4 Å². The number of methoxy groups -OCH3 is 3. The van der Waals surface area contributed by atoms with Crippen LogP contribution in [0.1, 0.15) is 18.9 Å². The molecule has 1 amide bonds. The van der Waals surface area contributed by atoms with E-state index in [1.807, 2.05) is 47.9 Å². The summed E-state index contributed by atoms with van der Waals surface area (Å²) in [6, 6.07) is 11.5. The van der Waals surface area contributed by atoms with Gasteiger partial charge in [0, 0.05) is 13.0 Å². The van der Waals surface area contributed by atoms with Gasteiger partial charge >= 0.3 is 0 Å². The minimum absolute atomic E-state index is 0.109. The van der Waals surface area contributed by atoms with Gasteiger partial charge in [-0.2, -0.15) is 0 Å². The van der Waals surface area contributed by atoms with E-state index in [0.717, 1.165) is 23.1 Å². The summed E-state index contributed by atoms with van der Waals surface area (Å²) in [5, 5.41) is 2.93. The van der Waals surface area contributed by atoms with E-state index >= 15 is 0 Å². The van der Waals surface area contributed by atoms with Crippen molar-refractivity contribution in [3.8, 4) is 17.2 Å². The molecule has 0 aliphatic rings. The zero-order chi connectivity index (χ0) is 20.1. The Kier molecular flexibility index (Phi) is 6.03. The number of para-hydroxylation sites is 2. The number of nitrogens with one attached hydrogen (secondary N) is 1. The minimum atomic E-state index is -0.109. The third-order valence-electron chi connectivity index (χ3n) is 4.63. The van der Waals surface area contributed by atoms with Gasteiger partial charge in [0.2, 0.25) is 17.6 Å². The van der Waals surface area contributed by atoms with Crippen molar-refractivity contribution in [2.75, 3.05) is 26.6 Å². The van der Waals surface area contributed by atoms with Gasteiger partial charge in [0.1, 0.15) is 0 Å². The molecule has 0 aliphatic heterocycles. The monoisotopic (exact) mass is 383 g/mol. The highest BCUT2D eigenvalue weighted by Gasteiger charge is 2.17. The van der Waals surface area contributed by atoms with E-state index in [1.54, 1.807) is 21.3 Å². The summed E-state index contributed by atoms with van der Waals surface area (Å²) < 4.78 is 18.2. The Morgan fingerprint density at radius 1 is 1.04 bits per heavy atom. The van der Waals surface area contributed by atoms with Gasteiger partial charge in [0.25, 0.3) is 0 Å². The molecule has 0 aliphatic carbocycles. The molecule has 1 heterocycles. The molecule has 148 valence electrons. The second-order valence-corrected chi connectivity index (χ2v) is 6.21. The topological polar surface area (TPSA) is 74.6 Å². The molecule has 0 saturated carbocycles. The van der Waals surface area contributed by atoms with Gasteiger partial charge in [-0.15, -0.1) is 0 Å². The summed E-state index contributed by atoms with van der Waals surface area (Å²) in [6.07, 6.45) is 0.792. The summed E-state index contributed by atoms with van der Waals surface area (Å²) in [7, 11) is 4.71. The molecule has 2 aromatic carbocycles. The van der Waals surface area contributed by atoms with Crippen LogP contribution in [0.2, 0.25) is 0 Å². The summed E-state index contributed by atoms with van der Waals surface area (Å²) in [4.78, 5) is 17.1. The Morgan fingerprint density at radius 2 is 1.79 bits per heavy atom. The van der Waals surface area contributed by atoms with Crippen molar-refractivity contribution in [2.24, 2.45) is 0 Å². The Balaban J connectivity index is 1.75. The van der Waals surface area contributed by atoms with Crippen LogP contribution in [0.3, 0.4) is 0 Å². The largest absolute Gasteiger partial charge is 0.493 e. The maximum Gasteiger partial charge on any atom is 0.227 e. The predicted octanol–water partition coefficient (Wildman–Crippen LogP) is 3.65. The number of carbonyl (C=O) groups is 1. The molecule has 1 aromatic heterocycles. The fourth-order valence-corrected chi connectivity index (χ4v) is 3.29. The van der Waals surface area contributed by atoms with E-state index in [0.29, 0.717) is 36.0 Å². The third-order valence-corrected chi connectivity index (χ3v) is 4.63. The first-order chi connectivity index (χ1) is 13.6. The van der Waals surface area contributed by atoms with Gasteiger partial charge in [0.15, 0.2) is 11.5 Å². The van der Waals surface area contributed by atoms with Crippen LogP contribution in [-0.2, 0) is 17.8 Å². The quantitative estimate of drug-likeness (QED) is 0.643. The molecule has 7 nitrogen and oxygen atoms in total. The van der Waals surface area contributed by atoms with E-state index in [2.05, 4.69) is 10.3 Å². The number of ether oxygens (including phenoxy) is 3. The number of aromatic nitrogens is 2. The fourth-order valence-electron chi connectivity index (χ4n) is 3.29. The lowest BCUT2D eigenvalue weighted by molar-refractivity contribution is -0.116. The molecule has 1 N–H and O–H groups in total. The number of hydrogen-bond acceptors (Lipinski definition) is 5. The number of amides is 1. The average molecular weight is 383 g/mol. The van der Waals surface area contributed by atoms with Crippen molar-refractivity contribution < 1.29 is 19.0 Å². The molecule has 7 heteroatoms. The molecule has 0 bridgehead atoms. The van der Waals surface area contributed by atoms with Crippen LogP contribution in [0.25, 0.3) is 11.0 Å². The molecule has 0 unspecified atom stereocenters. The minimum Gasteiger partial charge on any atom is -0.493 e. The van der Waals surface area contributed by atoms with Gasteiger partial charge in [-0.05, 0) is 37.1 Å². The number of benzene rings is 2. The SMILES string of the molecule is CCn1c(NC(=O)CCc2ccc(OC)c(OC)c2OC)nc2ccccc21. The average Bonchev–Trinajstić information content (AvgIpc) is 3.07. The summed E-state index contributed by atoms with van der Waals surface area (Å²) >= 11 is 0. The first kappa shape index (κ1) is 19.5. The maximum atomic E-state index is 12.5. The van der Waals surface area contributed by atoms with Crippen molar-refractivity contribution in [1.82, 2.24) is 9.55 Å². The first-order valence-electron chi connectivity index (χ1n) is 9.15. The Bertz CT molecular complexity index is 981. The molecule has 0 fully saturated rings.